The molecule has 51 heavy (non-hydrogen) atoms. The van der Waals surface area contributed by atoms with Gasteiger partial charge >= 0.3 is 0 Å². The third-order valence-electron chi connectivity index (χ3n) is 9.89. The fourth-order valence-electron chi connectivity index (χ4n) is 7.35. The minimum absolute atomic E-state index is 0.0546. The van der Waals surface area contributed by atoms with Crippen LogP contribution >= 0.6 is 0 Å². The van der Waals surface area contributed by atoms with Crippen LogP contribution in [0.3, 0.4) is 0 Å². The molecule has 7 nitrogen and oxygen atoms in total. The molecule has 0 spiro atoms. The van der Waals surface area contributed by atoms with Crippen LogP contribution in [0.25, 0.3) is 22.0 Å². The molecule has 1 fully saturated rings. The molecule has 0 atom stereocenters. The van der Waals surface area contributed by atoms with Crippen molar-refractivity contribution in [1.82, 2.24) is 14.8 Å². The quantitative estimate of drug-likeness (QED) is 0.142. The average Bonchev–Trinajstić information content (AvgIpc) is 3.67. The highest BCUT2D eigenvalue weighted by Crippen LogP contribution is 2.41. The van der Waals surface area contributed by atoms with E-state index in [-0.39, 0.29) is 6.10 Å². The number of pyridine rings is 1. The summed E-state index contributed by atoms with van der Waals surface area (Å²) in [6.45, 7) is 1.67. The Balaban J connectivity index is 1.10. The predicted molar refractivity (Wildman–Crippen MR) is 203 cm³/mol. The molecule has 8 heteroatoms. The van der Waals surface area contributed by atoms with Crippen molar-refractivity contribution in [2.45, 2.75) is 29.4 Å². The first kappa shape index (κ1) is 32.5. The lowest BCUT2D eigenvalue weighted by molar-refractivity contribution is 0.171. The number of piperidine rings is 1. The van der Waals surface area contributed by atoms with E-state index in [1.165, 1.54) is 6.26 Å². The number of ether oxygens (including phenoxy) is 1. The average molecular weight is 691 g/mol. The van der Waals surface area contributed by atoms with Crippen molar-refractivity contribution in [3.8, 4) is 16.9 Å². The lowest BCUT2D eigenvalue weighted by Crippen LogP contribution is -2.38. The maximum Gasteiger partial charge on any atom is 0.175 e. The molecule has 254 valence electrons. The number of rotatable bonds is 9. The van der Waals surface area contributed by atoms with Crippen molar-refractivity contribution >= 4 is 26.4 Å². The monoisotopic (exact) mass is 690 g/mol. The molecule has 0 N–H and O–H groups in total. The molecule has 3 heterocycles. The van der Waals surface area contributed by atoms with Crippen molar-refractivity contribution in [3.63, 3.8) is 0 Å². The van der Waals surface area contributed by atoms with E-state index in [2.05, 4.69) is 131 Å². The number of fused-ring (bicyclic) bond motifs is 1. The first-order valence-electron chi connectivity index (χ1n) is 17.2. The third kappa shape index (κ3) is 6.28. The van der Waals surface area contributed by atoms with Gasteiger partial charge in [-0.15, -0.1) is 0 Å². The molecular formula is C43H38N4O3S. The van der Waals surface area contributed by atoms with E-state index in [0.29, 0.717) is 10.6 Å². The van der Waals surface area contributed by atoms with Gasteiger partial charge in [-0.05, 0) is 64.7 Å². The Morgan fingerprint density at radius 1 is 0.706 bits per heavy atom. The second-order valence-electron chi connectivity index (χ2n) is 13.1. The topological polar surface area (TPSA) is 77.3 Å². The summed E-state index contributed by atoms with van der Waals surface area (Å²) in [4.78, 5) is 7.42. The summed E-state index contributed by atoms with van der Waals surface area (Å²) in [6, 6.07) is 47.0. The highest BCUT2D eigenvalue weighted by Gasteiger charge is 2.39. The lowest BCUT2D eigenvalue weighted by atomic mass is 9.77. The highest BCUT2D eigenvalue weighted by atomic mass is 32.2. The van der Waals surface area contributed by atoms with Crippen LogP contribution in [0, 0.1) is 0 Å². The van der Waals surface area contributed by atoms with Crippen LogP contribution in [-0.4, -0.2) is 48.6 Å². The van der Waals surface area contributed by atoms with Gasteiger partial charge in [-0.25, -0.2) is 8.42 Å². The van der Waals surface area contributed by atoms with E-state index in [9.17, 15) is 8.42 Å². The number of anilines is 1. The Hall–Kier alpha value is -5.73. The first-order chi connectivity index (χ1) is 24.9. The SMILES string of the molecule is CS(=O)(=O)c1ccc(OC2CCN(c3ccnc4ccc(-c5cnn(C(c6ccccc6)(c6ccccc6)c6ccccc6)c5)cc34)CC2)cc1. The van der Waals surface area contributed by atoms with Crippen molar-refractivity contribution in [1.29, 1.82) is 0 Å². The summed E-state index contributed by atoms with van der Waals surface area (Å²) in [6.07, 6.45) is 8.98. The van der Waals surface area contributed by atoms with E-state index < -0.39 is 15.4 Å². The predicted octanol–water partition coefficient (Wildman–Crippen LogP) is 8.39. The number of hydrogen-bond acceptors (Lipinski definition) is 6. The molecule has 2 aromatic heterocycles. The summed E-state index contributed by atoms with van der Waals surface area (Å²) in [7, 11) is -3.24. The Bertz CT molecular complexity index is 2280. The summed E-state index contributed by atoms with van der Waals surface area (Å²) in [5.74, 6) is 0.691. The standard InChI is InChI=1S/C43H38N4O3S/c1-51(48,49)39-20-18-37(19-21-39)50-38-24-27-46(28-25-38)42-23-26-44-41-22-17-32(29-40(41)42)33-30-45-47(31-33)43(34-11-5-2-6-12-34,35-13-7-3-8-14-35)36-15-9-4-10-16-36/h2-23,26,29-31,38H,24-25,27-28H2,1H3. The van der Waals surface area contributed by atoms with Crippen LogP contribution in [0.2, 0.25) is 0 Å². The van der Waals surface area contributed by atoms with Gasteiger partial charge < -0.3 is 9.64 Å². The van der Waals surface area contributed by atoms with Crippen LogP contribution < -0.4 is 9.64 Å². The fraction of sp³-hybridized carbons (Fsp3) is 0.163. The minimum Gasteiger partial charge on any atom is -0.490 e. The second-order valence-corrected chi connectivity index (χ2v) is 15.1. The molecule has 1 saturated heterocycles. The van der Waals surface area contributed by atoms with Crippen LogP contribution in [0.5, 0.6) is 5.75 Å². The van der Waals surface area contributed by atoms with E-state index in [1.54, 1.807) is 24.3 Å². The maximum atomic E-state index is 11.8. The molecule has 0 saturated carbocycles. The van der Waals surface area contributed by atoms with Gasteiger partial charge in [0.25, 0.3) is 0 Å². The van der Waals surface area contributed by atoms with E-state index in [0.717, 1.165) is 70.3 Å². The minimum atomic E-state index is -3.24. The Kier molecular flexibility index (Phi) is 8.61. The zero-order valence-corrected chi connectivity index (χ0v) is 29.2. The molecule has 0 bridgehead atoms. The lowest BCUT2D eigenvalue weighted by Gasteiger charge is -2.36. The number of aromatic nitrogens is 3. The van der Waals surface area contributed by atoms with E-state index in [4.69, 9.17) is 14.8 Å². The molecule has 8 rings (SSSR count). The molecule has 7 aromatic rings. The van der Waals surface area contributed by atoms with Crippen molar-refractivity contribution in [2.75, 3.05) is 24.2 Å². The molecule has 0 amide bonds. The second kappa shape index (κ2) is 13.5. The van der Waals surface area contributed by atoms with Crippen molar-refractivity contribution in [3.05, 3.63) is 175 Å². The summed E-state index contributed by atoms with van der Waals surface area (Å²) < 4.78 is 32.1. The number of sulfone groups is 1. The van der Waals surface area contributed by atoms with Crippen molar-refractivity contribution < 1.29 is 13.2 Å². The molecular weight excluding hydrogens is 653 g/mol. The Morgan fingerprint density at radius 3 is 1.86 bits per heavy atom. The fourth-order valence-corrected chi connectivity index (χ4v) is 7.98. The Morgan fingerprint density at radius 2 is 1.29 bits per heavy atom. The van der Waals surface area contributed by atoms with Gasteiger partial charge in [0.1, 0.15) is 17.4 Å². The maximum absolute atomic E-state index is 11.8. The van der Waals surface area contributed by atoms with Crippen LogP contribution in [0.4, 0.5) is 5.69 Å². The molecule has 1 aliphatic rings. The Labute approximate surface area is 298 Å². The zero-order valence-electron chi connectivity index (χ0n) is 28.3. The van der Waals surface area contributed by atoms with Gasteiger partial charge in [-0.3, -0.25) is 9.67 Å². The van der Waals surface area contributed by atoms with Gasteiger partial charge in [-0.2, -0.15) is 5.10 Å². The van der Waals surface area contributed by atoms with Gasteiger partial charge in [0.2, 0.25) is 0 Å². The first-order valence-corrected chi connectivity index (χ1v) is 19.1. The van der Waals surface area contributed by atoms with E-state index >= 15 is 0 Å². The third-order valence-corrected chi connectivity index (χ3v) is 11.0. The van der Waals surface area contributed by atoms with Crippen LogP contribution in [0.15, 0.2) is 163 Å². The number of nitrogens with zero attached hydrogens (tertiary/aromatic N) is 4. The summed E-state index contributed by atoms with van der Waals surface area (Å²) in [5.41, 5.74) is 6.88. The van der Waals surface area contributed by atoms with Crippen molar-refractivity contribution in [2.24, 2.45) is 0 Å². The molecule has 0 unspecified atom stereocenters. The van der Waals surface area contributed by atoms with E-state index in [1.807, 2.05) is 12.4 Å². The molecule has 5 aromatic carbocycles. The van der Waals surface area contributed by atoms with Crippen LogP contribution in [0.1, 0.15) is 29.5 Å². The zero-order chi connectivity index (χ0) is 34.8. The molecule has 1 aliphatic heterocycles. The number of benzene rings is 5. The summed E-state index contributed by atoms with van der Waals surface area (Å²) >= 11 is 0. The normalized spacial score (nSPS) is 14.1. The molecule has 0 radical (unpaired) electrons. The van der Waals surface area contributed by atoms with Gasteiger partial charge in [0, 0.05) is 61.2 Å². The molecule has 0 aliphatic carbocycles. The van der Waals surface area contributed by atoms with Crippen LogP contribution in [-0.2, 0) is 15.4 Å². The van der Waals surface area contributed by atoms with Gasteiger partial charge in [0.05, 0.1) is 16.6 Å². The van der Waals surface area contributed by atoms with Gasteiger partial charge in [0.15, 0.2) is 9.84 Å². The smallest absolute Gasteiger partial charge is 0.175 e. The highest BCUT2D eigenvalue weighted by molar-refractivity contribution is 7.90. The largest absolute Gasteiger partial charge is 0.490 e. The number of hydrogen-bond donors (Lipinski definition) is 0. The summed E-state index contributed by atoms with van der Waals surface area (Å²) in [5, 5.41) is 6.19. The van der Waals surface area contributed by atoms with Gasteiger partial charge in [-0.1, -0.05) is 97.1 Å².